The molecule has 0 aliphatic rings. The number of thioether (sulfide) groups is 1. The normalized spacial score (nSPS) is 13.7. The number of pyridine rings is 1. The van der Waals surface area contributed by atoms with Gasteiger partial charge in [-0.2, -0.15) is 5.26 Å². The average molecular weight is 305 g/mol. The van der Waals surface area contributed by atoms with Gasteiger partial charge in [-0.05, 0) is 69.5 Å². The highest BCUT2D eigenvalue weighted by Gasteiger charge is 2.26. The second-order valence-corrected chi connectivity index (χ2v) is 6.67. The molecule has 0 saturated carbocycles. The molecule has 0 amide bonds. The molecular formula is C17H27N3S. The van der Waals surface area contributed by atoms with Crippen molar-refractivity contribution in [2.45, 2.75) is 63.9 Å². The number of nitriles is 1. The first kappa shape index (κ1) is 18.0. The molecule has 1 atom stereocenters. The summed E-state index contributed by atoms with van der Waals surface area (Å²) in [6.45, 7) is 9.26. The van der Waals surface area contributed by atoms with Crippen molar-refractivity contribution in [2.24, 2.45) is 0 Å². The zero-order valence-corrected chi connectivity index (χ0v) is 14.5. The first-order valence-electron chi connectivity index (χ1n) is 7.79. The number of nitrogens with one attached hydrogen (secondary N) is 1. The molecule has 1 aromatic heterocycles. The summed E-state index contributed by atoms with van der Waals surface area (Å²) in [5.74, 6) is 1.01. The lowest BCUT2D eigenvalue weighted by Gasteiger charge is -2.26. The molecule has 0 aliphatic carbocycles. The van der Waals surface area contributed by atoms with E-state index in [0.717, 1.165) is 48.7 Å². The minimum Gasteiger partial charge on any atom is -0.299 e. The van der Waals surface area contributed by atoms with Gasteiger partial charge in [-0.15, -0.1) is 11.8 Å². The van der Waals surface area contributed by atoms with Gasteiger partial charge >= 0.3 is 0 Å². The Hall–Kier alpha value is -1.05. The second-order valence-electron chi connectivity index (χ2n) is 5.55. The smallest absolute Gasteiger partial charge is 0.106 e. The Bertz CT molecular complexity index is 461. The van der Waals surface area contributed by atoms with Crippen LogP contribution in [0.4, 0.5) is 0 Å². The molecule has 0 spiro atoms. The standard InChI is InChI=1S/C17H27N3S/c1-5-9-19-17(6-2,13-18)8-7-10-21-16-12-14(3)11-15(4)20-16/h11-12,19H,5-10H2,1-4H3. The maximum atomic E-state index is 9.46. The quantitative estimate of drug-likeness (QED) is 0.547. The van der Waals surface area contributed by atoms with E-state index in [-0.39, 0.29) is 5.54 Å². The highest BCUT2D eigenvalue weighted by molar-refractivity contribution is 7.99. The van der Waals surface area contributed by atoms with E-state index in [1.165, 1.54) is 5.56 Å². The molecule has 4 heteroatoms. The van der Waals surface area contributed by atoms with Gasteiger partial charge in [-0.25, -0.2) is 4.98 Å². The lowest BCUT2D eigenvalue weighted by Crippen LogP contribution is -2.43. The van der Waals surface area contributed by atoms with Gasteiger partial charge in [0, 0.05) is 5.69 Å². The highest BCUT2D eigenvalue weighted by Crippen LogP contribution is 2.22. The third-order valence-corrected chi connectivity index (χ3v) is 4.60. The summed E-state index contributed by atoms with van der Waals surface area (Å²) in [7, 11) is 0. The predicted octanol–water partition coefficient (Wildman–Crippen LogP) is 4.24. The SMILES string of the molecule is CCCNC(C#N)(CC)CCCSc1cc(C)cc(C)n1. The van der Waals surface area contributed by atoms with Gasteiger partial charge in [0.25, 0.3) is 0 Å². The summed E-state index contributed by atoms with van der Waals surface area (Å²) in [6, 6.07) is 6.70. The lowest BCUT2D eigenvalue weighted by molar-refractivity contribution is 0.371. The van der Waals surface area contributed by atoms with Crippen LogP contribution in [0.1, 0.15) is 50.8 Å². The molecule has 0 radical (unpaired) electrons. The van der Waals surface area contributed by atoms with E-state index in [1.807, 2.05) is 6.92 Å². The van der Waals surface area contributed by atoms with E-state index in [1.54, 1.807) is 11.8 Å². The van der Waals surface area contributed by atoms with Crippen molar-refractivity contribution in [1.82, 2.24) is 10.3 Å². The highest BCUT2D eigenvalue weighted by atomic mass is 32.2. The van der Waals surface area contributed by atoms with Crippen molar-refractivity contribution < 1.29 is 0 Å². The number of aromatic nitrogens is 1. The van der Waals surface area contributed by atoms with Crippen LogP contribution in [0.2, 0.25) is 0 Å². The van der Waals surface area contributed by atoms with E-state index >= 15 is 0 Å². The molecule has 0 bridgehead atoms. The van der Waals surface area contributed by atoms with Crippen molar-refractivity contribution in [3.8, 4) is 6.07 Å². The molecule has 116 valence electrons. The molecule has 0 fully saturated rings. The summed E-state index contributed by atoms with van der Waals surface area (Å²) in [6.07, 6.45) is 3.84. The van der Waals surface area contributed by atoms with Crippen LogP contribution < -0.4 is 5.32 Å². The van der Waals surface area contributed by atoms with Crippen molar-refractivity contribution in [3.05, 3.63) is 23.4 Å². The molecule has 0 aromatic carbocycles. The molecule has 3 nitrogen and oxygen atoms in total. The Labute approximate surface area is 133 Å². The Balaban J connectivity index is 2.46. The summed E-state index contributed by atoms with van der Waals surface area (Å²) < 4.78 is 0. The van der Waals surface area contributed by atoms with Crippen LogP contribution in [0, 0.1) is 25.2 Å². The maximum Gasteiger partial charge on any atom is 0.106 e. The van der Waals surface area contributed by atoms with Crippen molar-refractivity contribution in [1.29, 1.82) is 5.26 Å². The monoisotopic (exact) mass is 305 g/mol. The summed E-state index contributed by atoms with van der Waals surface area (Å²) >= 11 is 1.79. The van der Waals surface area contributed by atoms with Gasteiger partial charge in [-0.1, -0.05) is 13.8 Å². The van der Waals surface area contributed by atoms with Gasteiger partial charge in [0.05, 0.1) is 11.1 Å². The molecule has 1 N–H and O–H groups in total. The second kappa shape index (κ2) is 9.07. The summed E-state index contributed by atoms with van der Waals surface area (Å²) in [4.78, 5) is 4.54. The number of nitrogens with zero attached hydrogens (tertiary/aromatic N) is 2. The van der Waals surface area contributed by atoms with Gasteiger partial charge in [0.1, 0.15) is 5.54 Å². The predicted molar refractivity (Wildman–Crippen MR) is 90.6 cm³/mol. The van der Waals surface area contributed by atoms with Crippen molar-refractivity contribution >= 4 is 11.8 Å². The molecule has 1 heterocycles. The Morgan fingerprint density at radius 2 is 2.10 bits per heavy atom. The van der Waals surface area contributed by atoms with Crippen molar-refractivity contribution in [2.75, 3.05) is 12.3 Å². The van der Waals surface area contributed by atoms with E-state index in [2.05, 4.69) is 49.3 Å². The average Bonchev–Trinajstić information content (AvgIpc) is 2.46. The van der Waals surface area contributed by atoms with Crippen LogP contribution in [0.3, 0.4) is 0 Å². The molecule has 0 aliphatic heterocycles. The van der Waals surface area contributed by atoms with Crippen LogP contribution in [0.25, 0.3) is 0 Å². The van der Waals surface area contributed by atoms with Gasteiger partial charge < -0.3 is 0 Å². The van der Waals surface area contributed by atoms with Gasteiger partial charge in [0.2, 0.25) is 0 Å². The Kier molecular flexibility index (Phi) is 7.77. The molecular weight excluding hydrogens is 278 g/mol. The van der Waals surface area contributed by atoms with Crippen molar-refractivity contribution in [3.63, 3.8) is 0 Å². The van der Waals surface area contributed by atoms with Gasteiger partial charge in [0.15, 0.2) is 0 Å². The topological polar surface area (TPSA) is 48.7 Å². The number of hydrogen-bond acceptors (Lipinski definition) is 4. The first-order valence-corrected chi connectivity index (χ1v) is 8.78. The molecule has 1 rings (SSSR count). The van der Waals surface area contributed by atoms with E-state index < -0.39 is 0 Å². The third kappa shape index (κ3) is 6.07. The Morgan fingerprint density at radius 3 is 2.67 bits per heavy atom. The number of rotatable bonds is 9. The number of aryl methyl sites for hydroxylation is 2. The molecule has 21 heavy (non-hydrogen) atoms. The largest absolute Gasteiger partial charge is 0.299 e. The van der Waals surface area contributed by atoms with Crippen LogP contribution in [-0.2, 0) is 0 Å². The summed E-state index contributed by atoms with van der Waals surface area (Å²) in [5, 5.41) is 14.0. The molecule has 1 aromatic rings. The zero-order valence-electron chi connectivity index (χ0n) is 13.7. The van der Waals surface area contributed by atoms with Crippen LogP contribution >= 0.6 is 11.8 Å². The fraction of sp³-hybridized carbons (Fsp3) is 0.647. The van der Waals surface area contributed by atoms with Crippen LogP contribution in [0.15, 0.2) is 17.2 Å². The fourth-order valence-electron chi connectivity index (χ4n) is 2.36. The minimum absolute atomic E-state index is 0.355. The van der Waals surface area contributed by atoms with E-state index in [0.29, 0.717) is 0 Å². The van der Waals surface area contributed by atoms with E-state index in [9.17, 15) is 5.26 Å². The maximum absolute atomic E-state index is 9.46. The minimum atomic E-state index is -0.355. The Morgan fingerprint density at radius 1 is 1.33 bits per heavy atom. The van der Waals surface area contributed by atoms with Crippen LogP contribution in [0.5, 0.6) is 0 Å². The summed E-state index contributed by atoms with van der Waals surface area (Å²) in [5.41, 5.74) is 1.98. The molecule has 0 saturated heterocycles. The molecule has 1 unspecified atom stereocenters. The van der Waals surface area contributed by atoms with Crippen LogP contribution in [-0.4, -0.2) is 22.8 Å². The third-order valence-electron chi connectivity index (χ3n) is 3.60. The fourth-order valence-corrected chi connectivity index (χ4v) is 3.33. The number of hydrogen-bond donors (Lipinski definition) is 1. The van der Waals surface area contributed by atoms with Gasteiger partial charge in [-0.3, -0.25) is 5.32 Å². The lowest BCUT2D eigenvalue weighted by atomic mass is 9.92. The zero-order chi connectivity index (χ0) is 15.7. The first-order chi connectivity index (χ1) is 10.0. The van der Waals surface area contributed by atoms with E-state index in [4.69, 9.17) is 0 Å².